The van der Waals surface area contributed by atoms with Gasteiger partial charge in [0.2, 0.25) is 5.91 Å². The molecule has 3 N–H and O–H groups in total. The van der Waals surface area contributed by atoms with E-state index in [1.165, 1.54) is 0 Å². The normalized spacial score (nSPS) is 9.82. The van der Waals surface area contributed by atoms with Crippen LogP contribution in [0.3, 0.4) is 0 Å². The molecule has 1 aromatic rings. The van der Waals surface area contributed by atoms with Crippen molar-refractivity contribution >= 4 is 29.7 Å². The summed E-state index contributed by atoms with van der Waals surface area (Å²) in [6, 6.07) is 7.27. The van der Waals surface area contributed by atoms with Crippen molar-refractivity contribution in [2.75, 3.05) is 30.7 Å². The average molecular weight is 258 g/mol. The number of rotatable bonds is 5. The minimum atomic E-state index is -0.0263. The lowest BCUT2D eigenvalue weighted by Crippen LogP contribution is -2.33. The van der Waals surface area contributed by atoms with Crippen LogP contribution in [0.15, 0.2) is 24.3 Å². The molecule has 1 amide bonds. The van der Waals surface area contributed by atoms with Crippen molar-refractivity contribution in [3.63, 3.8) is 0 Å². The van der Waals surface area contributed by atoms with Gasteiger partial charge in [0.05, 0.1) is 17.9 Å². The molecule has 96 valence electrons. The van der Waals surface area contributed by atoms with E-state index in [0.717, 1.165) is 13.1 Å². The first-order chi connectivity index (χ1) is 7.67. The highest BCUT2D eigenvalue weighted by molar-refractivity contribution is 5.95. The Bertz CT molecular complexity index is 353. The minimum Gasteiger partial charge on any atom is -0.397 e. The summed E-state index contributed by atoms with van der Waals surface area (Å²) >= 11 is 0. The Kier molecular flexibility index (Phi) is 7.34. The molecule has 0 heterocycles. The van der Waals surface area contributed by atoms with Gasteiger partial charge in [-0.2, -0.15) is 0 Å². The van der Waals surface area contributed by atoms with Gasteiger partial charge in [-0.25, -0.2) is 0 Å². The second kappa shape index (κ2) is 7.92. The molecule has 0 bridgehead atoms. The van der Waals surface area contributed by atoms with E-state index in [9.17, 15) is 4.79 Å². The molecular formula is C12H20ClN3O. The second-order valence-corrected chi connectivity index (χ2v) is 3.60. The van der Waals surface area contributed by atoms with Gasteiger partial charge >= 0.3 is 0 Å². The fourth-order valence-corrected chi connectivity index (χ4v) is 1.45. The molecule has 4 nitrogen and oxygen atoms in total. The molecule has 0 aromatic heterocycles. The van der Waals surface area contributed by atoms with E-state index in [2.05, 4.69) is 10.2 Å². The number of benzene rings is 1. The standard InChI is InChI=1S/C12H19N3O.ClH/c1-3-15(4-2)9-12(16)14-11-8-6-5-7-10(11)13;/h5-8H,3-4,9,13H2,1-2H3,(H,14,16);1H. The van der Waals surface area contributed by atoms with Gasteiger partial charge in [0.25, 0.3) is 0 Å². The van der Waals surface area contributed by atoms with Crippen LogP contribution in [-0.4, -0.2) is 30.4 Å². The largest absolute Gasteiger partial charge is 0.397 e. The third kappa shape index (κ3) is 5.06. The first kappa shape index (κ1) is 15.7. The van der Waals surface area contributed by atoms with Crippen LogP contribution in [0, 0.1) is 0 Å². The highest BCUT2D eigenvalue weighted by Gasteiger charge is 2.08. The summed E-state index contributed by atoms with van der Waals surface area (Å²) in [6.45, 7) is 6.21. The van der Waals surface area contributed by atoms with Crippen molar-refractivity contribution in [1.29, 1.82) is 0 Å². The fraction of sp³-hybridized carbons (Fsp3) is 0.417. The van der Waals surface area contributed by atoms with Crippen molar-refractivity contribution in [2.45, 2.75) is 13.8 Å². The molecule has 5 heteroatoms. The van der Waals surface area contributed by atoms with Crippen LogP contribution < -0.4 is 11.1 Å². The van der Waals surface area contributed by atoms with E-state index in [1.54, 1.807) is 12.1 Å². The Hall–Kier alpha value is -1.26. The van der Waals surface area contributed by atoms with Crippen molar-refractivity contribution < 1.29 is 4.79 Å². The van der Waals surface area contributed by atoms with Crippen molar-refractivity contribution in [2.24, 2.45) is 0 Å². The van der Waals surface area contributed by atoms with E-state index >= 15 is 0 Å². The molecule has 0 unspecified atom stereocenters. The van der Waals surface area contributed by atoms with Crippen LogP contribution in [0.5, 0.6) is 0 Å². The van der Waals surface area contributed by atoms with Crippen molar-refractivity contribution in [1.82, 2.24) is 4.90 Å². The van der Waals surface area contributed by atoms with Crippen molar-refractivity contribution in [3.8, 4) is 0 Å². The van der Waals surface area contributed by atoms with Crippen LogP contribution in [0.1, 0.15) is 13.8 Å². The number of hydrogen-bond donors (Lipinski definition) is 2. The highest BCUT2D eigenvalue weighted by atomic mass is 35.5. The second-order valence-electron chi connectivity index (χ2n) is 3.60. The van der Waals surface area contributed by atoms with Gasteiger partial charge in [0.1, 0.15) is 0 Å². The van der Waals surface area contributed by atoms with E-state index in [4.69, 9.17) is 5.73 Å². The van der Waals surface area contributed by atoms with Crippen LogP contribution in [-0.2, 0) is 4.79 Å². The predicted octanol–water partition coefficient (Wildman–Crippen LogP) is 1.97. The fourth-order valence-electron chi connectivity index (χ4n) is 1.45. The molecule has 1 aromatic carbocycles. The average Bonchev–Trinajstić information content (AvgIpc) is 2.29. The molecule has 1 rings (SSSR count). The summed E-state index contributed by atoms with van der Waals surface area (Å²) in [5.74, 6) is -0.0263. The van der Waals surface area contributed by atoms with Crippen LogP contribution in [0.4, 0.5) is 11.4 Å². The smallest absolute Gasteiger partial charge is 0.238 e. The van der Waals surface area contributed by atoms with Crippen molar-refractivity contribution in [3.05, 3.63) is 24.3 Å². The molecule has 0 radical (unpaired) electrons. The molecule has 0 saturated carbocycles. The lowest BCUT2D eigenvalue weighted by molar-refractivity contribution is -0.117. The number of nitrogens with zero attached hydrogens (tertiary/aromatic N) is 1. The van der Waals surface area contributed by atoms with Gasteiger partial charge in [-0.05, 0) is 25.2 Å². The highest BCUT2D eigenvalue weighted by Crippen LogP contribution is 2.16. The lowest BCUT2D eigenvalue weighted by Gasteiger charge is -2.17. The van der Waals surface area contributed by atoms with Gasteiger partial charge in [0.15, 0.2) is 0 Å². The zero-order valence-electron chi connectivity index (χ0n) is 10.3. The lowest BCUT2D eigenvalue weighted by atomic mass is 10.2. The summed E-state index contributed by atoms with van der Waals surface area (Å²) < 4.78 is 0. The third-order valence-corrected chi connectivity index (χ3v) is 2.50. The number of hydrogen-bond acceptors (Lipinski definition) is 3. The first-order valence-electron chi connectivity index (χ1n) is 5.54. The maximum Gasteiger partial charge on any atom is 0.238 e. The van der Waals surface area contributed by atoms with Gasteiger partial charge in [-0.15, -0.1) is 12.4 Å². The molecule has 0 saturated heterocycles. The molecule has 0 atom stereocenters. The zero-order chi connectivity index (χ0) is 12.0. The number of nitrogen functional groups attached to an aromatic ring is 1. The quantitative estimate of drug-likeness (QED) is 0.793. The molecule has 0 aliphatic heterocycles. The van der Waals surface area contributed by atoms with Crippen LogP contribution >= 0.6 is 12.4 Å². The number of para-hydroxylation sites is 2. The monoisotopic (exact) mass is 257 g/mol. The number of nitrogens with one attached hydrogen (secondary N) is 1. The van der Waals surface area contributed by atoms with Crippen LogP contribution in [0.25, 0.3) is 0 Å². The summed E-state index contributed by atoms with van der Waals surface area (Å²) in [5.41, 5.74) is 7.01. The van der Waals surface area contributed by atoms with E-state index in [-0.39, 0.29) is 18.3 Å². The van der Waals surface area contributed by atoms with Gasteiger partial charge in [-0.1, -0.05) is 26.0 Å². The number of likely N-dealkylation sites (N-methyl/N-ethyl adjacent to an activating group) is 1. The Balaban J connectivity index is 0.00000256. The Morgan fingerprint density at radius 2 is 1.88 bits per heavy atom. The number of amides is 1. The summed E-state index contributed by atoms with van der Waals surface area (Å²) in [4.78, 5) is 13.7. The SMILES string of the molecule is CCN(CC)CC(=O)Nc1ccccc1N.Cl. The zero-order valence-corrected chi connectivity index (χ0v) is 11.1. The number of carbonyl (C=O) groups excluding carboxylic acids is 1. The predicted molar refractivity (Wildman–Crippen MR) is 74.5 cm³/mol. The molecule has 17 heavy (non-hydrogen) atoms. The van der Waals surface area contributed by atoms with Gasteiger partial charge < -0.3 is 11.1 Å². The maximum absolute atomic E-state index is 11.7. The Morgan fingerprint density at radius 1 is 1.29 bits per heavy atom. The number of carbonyl (C=O) groups is 1. The molecule has 0 spiro atoms. The number of nitrogens with two attached hydrogens (primary N) is 1. The Morgan fingerprint density at radius 3 is 2.41 bits per heavy atom. The molecule has 0 fully saturated rings. The Labute approximate surface area is 109 Å². The summed E-state index contributed by atoms with van der Waals surface area (Å²) in [6.07, 6.45) is 0. The molecule has 0 aliphatic rings. The summed E-state index contributed by atoms with van der Waals surface area (Å²) in [7, 11) is 0. The maximum atomic E-state index is 11.7. The first-order valence-corrected chi connectivity index (χ1v) is 5.54. The van der Waals surface area contributed by atoms with Crippen LogP contribution in [0.2, 0.25) is 0 Å². The van der Waals surface area contributed by atoms with E-state index in [1.807, 2.05) is 26.0 Å². The molecule has 0 aliphatic carbocycles. The molecular weight excluding hydrogens is 238 g/mol. The van der Waals surface area contributed by atoms with E-state index < -0.39 is 0 Å². The topological polar surface area (TPSA) is 58.4 Å². The third-order valence-electron chi connectivity index (χ3n) is 2.50. The van der Waals surface area contributed by atoms with Gasteiger partial charge in [0, 0.05) is 0 Å². The van der Waals surface area contributed by atoms with Gasteiger partial charge in [-0.3, -0.25) is 9.69 Å². The summed E-state index contributed by atoms with van der Waals surface area (Å²) in [5, 5.41) is 2.80. The minimum absolute atomic E-state index is 0. The van der Waals surface area contributed by atoms with E-state index in [0.29, 0.717) is 17.9 Å². The number of halogens is 1. The number of anilines is 2.